The van der Waals surface area contributed by atoms with Gasteiger partial charge in [0.05, 0.1) is 27.9 Å². The lowest BCUT2D eigenvalue weighted by Crippen LogP contribution is -2.18. The molecule has 9 heteroatoms. The lowest BCUT2D eigenvalue weighted by molar-refractivity contribution is -0.385. The second-order valence-corrected chi connectivity index (χ2v) is 7.19. The third-order valence-electron chi connectivity index (χ3n) is 4.68. The Morgan fingerprint density at radius 3 is 2.56 bits per heavy atom. The smallest absolute Gasteiger partial charge is 0.312 e. The number of hydrazone groups is 1. The fourth-order valence-electron chi connectivity index (χ4n) is 3.18. The topological polar surface area (TPSA) is 118 Å². The summed E-state index contributed by atoms with van der Waals surface area (Å²) in [6, 6.07) is 20.7. The number of nitro benzene ring substituents is 1. The van der Waals surface area contributed by atoms with Crippen molar-refractivity contribution < 1.29 is 14.8 Å². The first kappa shape index (κ1) is 21.0. The van der Waals surface area contributed by atoms with E-state index in [0.717, 1.165) is 17.8 Å². The molecule has 0 saturated carbocycles. The Kier molecular flexibility index (Phi) is 5.78. The fraction of sp³-hybridized carbons (Fsp3) is 0. The molecule has 2 N–H and O–H groups in total. The maximum absolute atomic E-state index is 12.9. The van der Waals surface area contributed by atoms with Crippen LogP contribution in [0.4, 0.5) is 5.69 Å². The van der Waals surface area contributed by atoms with Crippen molar-refractivity contribution in [1.82, 2.24) is 10.4 Å². The number of rotatable bonds is 5. The maximum atomic E-state index is 12.9. The van der Waals surface area contributed by atoms with Crippen molar-refractivity contribution in [2.75, 3.05) is 0 Å². The molecule has 32 heavy (non-hydrogen) atoms. The molecule has 0 saturated heterocycles. The Morgan fingerprint density at radius 2 is 1.81 bits per heavy atom. The molecule has 0 aliphatic rings. The van der Waals surface area contributed by atoms with Gasteiger partial charge in [0, 0.05) is 27.6 Å². The van der Waals surface area contributed by atoms with Crippen LogP contribution in [0.25, 0.3) is 22.2 Å². The number of benzene rings is 3. The second kappa shape index (κ2) is 8.83. The number of aromatic hydroxyl groups is 1. The fourth-order valence-corrected chi connectivity index (χ4v) is 3.40. The summed E-state index contributed by atoms with van der Waals surface area (Å²) in [6.45, 7) is 0. The zero-order chi connectivity index (χ0) is 22.7. The zero-order valence-electron chi connectivity index (χ0n) is 16.4. The molecule has 1 amide bonds. The van der Waals surface area contributed by atoms with Crippen LogP contribution in [-0.4, -0.2) is 27.1 Å². The molecular weight excluding hydrogens is 432 g/mol. The predicted octanol–water partition coefficient (Wildman–Crippen LogP) is 4.93. The van der Waals surface area contributed by atoms with Crippen molar-refractivity contribution >= 4 is 40.3 Å². The lowest BCUT2D eigenvalue weighted by Gasteiger charge is -2.09. The third-order valence-corrected chi connectivity index (χ3v) is 4.90. The number of phenols is 1. The highest BCUT2D eigenvalue weighted by Gasteiger charge is 2.18. The Morgan fingerprint density at radius 1 is 1.09 bits per heavy atom. The number of phenolic OH excluding ortho intramolecular Hbond substituents is 1. The van der Waals surface area contributed by atoms with E-state index >= 15 is 0 Å². The number of pyridine rings is 1. The van der Waals surface area contributed by atoms with Crippen LogP contribution in [0.5, 0.6) is 5.75 Å². The molecule has 0 radical (unpaired) electrons. The van der Waals surface area contributed by atoms with Crippen LogP contribution in [-0.2, 0) is 0 Å². The number of aromatic nitrogens is 1. The summed E-state index contributed by atoms with van der Waals surface area (Å²) < 4.78 is 0. The van der Waals surface area contributed by atoms with Crippen molar-refractivity contribution in [2.24, 2.45) is 5.10 Å². The predicted molar refractivity (Wildman–Crippen MR) is 122 cm³/mol. The number of nitro groups is 1. The highest BCUT2D eigenvalue weighted by molar-refractivity contribution is 6.31. The van der Waals surface area contributed by atoms with Gasteiger partial charge in [0.25, 0.3) is 5.91 Å². The van der Waals surface area contributed by atoms with E-state index in [4.69, 9.17) is 11.6 Å². The highest BCUT2D eigenvalue weighted by atomic mass is 35.5. The number of carbonyl (C=O) groups excluding carboxylic acids is 1. The molecule has 8 nitrogen and oxygen atoms in total. The van der Waals surface area contributed by atoms with Crippen molar-refractivity contribution in [2.45, 2.75) is 0 Å². The maximum Gasteiger partial charge on any atom is 0.312 e. The molecule has 0 aliphatic heterocycles. The van der Waals surface area contributed by atoms with E-state index < -0.39 is 22.3 Å². The van der Waals surface area contributed by atoms with Crippen molar-refractivity contribution in [3.63, 3.8) is 0 Å². The van der Waals surface area contributed by atoms with Crippen LogP contribution in [0.1, 0.15) is 15.9 Å². The van der Waals surface area contributed by atoms with Gasteiger partial charge in [-0.05, 0) is 18.2 Å². The molecule has 1 heterocycles. The number of carbonyl (C=O) groups is 1. The zero-order valence-corrected chi connectivity index (χ0v) is 17.2. The number of nitrogens with one attached hydrogen (secondary N) is 1. The Bertz CT molecular complexity index is 1370. The van der Waals surface area contributed by atoms with E-state index in [2.05, 4.69) is 15.5 Å². The van der Waals surface area contributed by atoms with Gasteiger partial charge in [0.2, 0.25) is 5.75 Å². The first-order chi connectivity index (χ1) is 15.4. The summed E-state index contributed by atoms with van der Waals surface area (Å²) in [4.78, 5) is 27.8. The molecule has 158 valence electrons. The number of hydrogen-bond acceptors (Lipinski definition) is 6. The summed E-state index contributed by atoms with van der Waals surface area (Å²) in [5, 5.41) is 25.6. The van der Waals surface area contributed by atoms with Gasteiger partial charge in [0.1, 0.15) is 0 Å². The first-order valence-corrected chi connectivity index (χ1v) is 9.77. The van der Waals surface area contributed by atoms with Gasteiger partial charge in [-0.1, -0.05) is 60.1 Å². The summed E-state index contributed by atoms with van der Waals surface area (Å²) in [5.74, 6) is -1.11. The number of fused-ring (bicyclic) bond motifs is 1. The van der Waals surface area contributed by atoms with Crippen LogP contribution < -0.4 is 5.43 Å². The Hall–Kier alpha value is -4.30. The Labute approximate surface area is 187 Å². The lowest BCUT2D eigenvalue weighted by atomic mass is 10.0. The van der Waals surface area contributed by atoms with E-state index in [1.165, 1.54) is 6.07 Å². The van der Waals surface area contributed by atoms with Crippen LogP contribution in [0.2, 0.25) is 5.02 Å². The van der Waals surface area contributed by atoms with Crippen LogP contribution in [0, 0.1) is 10.1 Å². The van der Waals surface area contributed by atoms with E-state index in [0.29, 0.717) is 22.2 Å². The van der Waals surface area contributed by atoms with Gasteiger partial charge < -0.3 is 5.11 Å². The first-order valence-electron chi connectivity index (χ1n) is 9.39. The van der Waals surface area contributed by atoms with Crippen molar-refractivity contribution in [1.29, 1.82) is 0 Å². The standard InChI is InChI=1S/C23H15ClN4O4/c24-16-10-15(22(29)21(11-16)28(31)32)13-25-27-23(30)18-12-20(14-6-2-1-3-7-14)26-19-9-5-4-8-17(18)19/h1-13,29H,(H,27,30)/b25-13-. The molecule has 0 aliphatic carbocycles. The minimum atomic E-state index is -0.759. The van der Waals surface area contributed by atoms with E-state index in [1.807, 2.05) is 42.5 Å². The number of para-hydroxylation sites is 1. The molecule has 4 aromatic rings. The van der Waals surface area contributed by atoms with Gasteiger partial charge in [-0.25, -0.2) is 10.4 Å². The molecule has 0 fully saturated rings. The monoisotopic (exact) mass is 446 g/mol. The average molecular weight is 447 g/mol. The third kappa shape index (κ3) is 4.26. The summed E-state index contributed by atoms with van der Waals surface area (Å²) in [7, 11) is 0. The summed E-state index contributed by atoms with van der Waals surface area (Å²) in [6.07, 6.45) is 1.09. The van der Waals surface area contributed by atoms with Crippen LogP contribution in [0.15, 0.2) is 77.9 Å². The van der Waals surface area contributed by atoms with Gasteiger partial charge in [0.15, 0.2) is 0 Å². The molecule has 0 atom stereocenters. The van der Waals surface area contributed by atoms with Gasteiger partial charge in [-0.2, -0.15) is 5.10 Å². The highest BCUT2D eigenvalue weighted by Crippen LogP contribution is 2.32. The summed E-state index contributed by atoms with van der Waals surface area (Å²) >= 11 is 5.87. The number of nitrogens with zero attached hydrogens (tertiary/aromatic N) is 3. The van der Waals surface area contributed by atoms with Gasteiger partial charge in [-0.15, -0.1) is 0 Å². The molecule has 0 unspecified atom stereocenters. The molecule has 1 aromatic heterocycles. The van der Waals surface area contributed by atoms with E-state index in [-0.39, 0.29) is 10.6 Å². The number of amides is 1. The SMILES string of the molecule is O=C(N/N=C\c1cc(Cl)cc([N+](=O)[O-])c1O)c1cc(-c2ccccc2)nc2ccccc12. The normalized spacial score (nSPS) is 11.0. The quantitative estimate of drug-likeness (QED) is 0.256. The Balaban J connectivity index is 1.67. The molecular formula is C23H15ClN4O4. The molecule has 4 rings (SSSR count). The van der Waals surface area contributed by atoms with Crippen LogP contribution >= 0.6 is 11.6 Å². The van der Waals surface area contributed by atoms with E-state index in [1.54, 1.807) is 18.2 Å². The minimum Gasteiger partial charge on any atom is -0.502 e. The van der Waals surface area contributed by atoms with Crippen LogP contribution in [0.3, 0.4) is 0 Å². The van der Waals surface area contributed by atoms with Crippen molar-refractivity contribution in [3.05, 3.63) is 99.1 Å². The molecule has 3 aromatic carbocycles. The van der Waals surface area contributed by atoms with E-state index in [9.17, 15) is 20.0 Å². The largest absolute Gasteiger partial charge is 0.502 e. The second-order valence-electron chi connectivity index (χ2n) is 6.76. The van der Waals surface area contributed by atoms with Gasteiger partial charge in [-0.3, -0.25) is 14.9 Å². The van der Waals surface area contributed by atoms with Gasteiger partial charge >= 0.3 is 5.69 Å². The molecule has 0 bridgehead atoms. The summed E-state index contributed by atoms with van der Waals surface area (Å²) in [5.41, 5.74) is 4.31. The average Bonchev–Trinajstić information content (AvgIpc) is 2.80. The number of halogens is 1. The number of hydrogen-bond donors (Lipinski definition) is 2. The minimum absolute atomic E-state index is 0.00550. The molecule has 0 spiro atoms. The van der Waals surface area contributed by atoms with Crippen molar-refractivity contribution in [3.8, 4) is 17.0 Å².